The monoisotopic (exact) mass is 211 g/mol. The van der Waals surface area contributed by atoms with Gasteiger partial charge in [0.2, 0.25) is 0 Å². The molecule has 0 saturated heterocycles. The zero-order valence-corrected chi connectivity index (χ0v) is 9.32. The zero-order valence-electron chi connectivity index (χ0n) is 9.32. The quantitative estimate of drug-likeness (QED) is 0.758. The second-order valence-corrected chi connectivity index (χ2v) is 3.63. The fourth-order valence-corrected chi connectivity index (χ4v) is 1.34. The Morgan fingerprint density at radius 3 is 2.87 bits per heavy atom. The van der Waals surface area contributed by atoms with Crippen LogP contribution in [0.2, 0.25) is 0 Å². The van der Waals surface area contributed by atoms with Gasteiger partial charge in [0, 0.05) is 20.0 Å². The number of hydrogen-bond donors (Lipinski definition) is 2. The number of aromatic nitrogens is 2. The number of aliphatic hydroxyl groups excluding tert-OH is 1. The van der Waals surface area contributed by atoms with Crippen LogP contribution in [0.5, 0.6) is 0 Å². The highest BCUT2D eigenvalue weighted by Gasteiger charge is 2.15. The first kappa shape index (κ1) is 11.7. The van der Waals surface area contributed by atoms with Crippen molar-refractivity contribution in [1.82, 2.24) is 14.9 Å². The number of nitrogens with zero attached hydrogens (tertiary/aromatic N) is 2. The fraction of sp³-hybridized carbons (Fsp3) is 0.600. The summed E-state index contributed by atoms with van der Waals surface area (Å²) in [7, 11) is 1.65. The molecule has 1 heterocycles. The van der Waals surface area contributed by atoms with Crippen molar-refractivity contribution in [3.8, 4) is 0 Å². The Labute approximate surface area is 89.1 Å². The van der Waals surface area contributed by atoms with Crippen molar-refractivity contribution in [2.45, 2.75) is 26.4 Å². The van der Waals surface area contributed by atoms with E-state index in [0.717, 1.165) is 12.2 Å². The third-order valence-corrected chi connectivity index (χ3v) is 2.08. The van der Waals surface area contributed by atoms with Crippen molar-refractivity contribution in [2.24, 2.45) is 0 Å². The van der Waals surface area contributed by atoms with Gasteiger partial charge in [0.05, 0.1) is 12.3 Å². The predicted octanol–water partition coefficient (Wildman–Crippen LogP) is 0.425. The van der Waals surface area contributed by atoms with Crippen molar-refractivity contribution in [2.75, 3.05) is 13.6 Å². The van der Waals surface area contributed by atoms with Gasteiger partial charge in [0.25, 0.3) is 5.91 Å². The third kappa shape index (κ3) is 3.06. The number of likely N-dealkylation sites (N-methyl/N-ethyl adjacent to an activating group) is 1. The number of imidazole rings is 1. The molecule has 0 radical (unpaired) electrons. The SMILES string of the molecule is CCc1ncc(C(=O)N(C)CC(C)O)[nH]1. The van der Waals surface area contributed by atoms with E-state index in [1.807, 2.05) is 6.92 Å². The second kappa shape index (κ2) is 4.93. The Balaban J connectivity index is 2.67. The Bertz CT molecular complexity index is 333. The van der Waals surface area contributed by atoms with E-state index < -0.39 is 6.10 Å². The van der Waals surface area contributed by atoms with E-state index >= 15 is 0 Å². The molecule has 0 aliphatic rings. The zero-order chi connectivity index (χ0) is 11.4. The first-order valence-electron chi connectivity index (χ1n) is 5.02. The molecule has 1 aromatic rings. The molecule has 2 N–H and O–H groups in total. The minimum Gasteiger partial charge on any atom is -0.392 e. The van der Waals surface area contributed by atoms with E-state index in [4.69, 9.17) is 5.11 Å². The second-order valence-electron chi connectivity index (χ2n) is 3.63. The molecular formula is C10H17N3O2. The van der Waals surface area contributed by atoms with Crippen molar-refractivity contribution in [3.05, 3.63) is 17.7 Å². The Morgan fingerprint density at radius 1 is 1.73 bits per heavy atom. The first-order valence-corrected chi connectivity index (χ1v) is 5.02. The largest absolute Gasteiger partial charge is 0.392 e. The number of aromatic amines is 1. The van der Waals surface area contributed by atoms with Gasteiger partial charge in [-0.05, 0) is 6.92 Å². The average Bonchev–Trinajstić information content (AvgIpc) is 2.63. The molecule has 0 fully saturated rings. The van der Waals surface area contributed by atoms with Crippen LogP contribution in [0.15, 0.2) is 6.20 Å². The summed E-state index contributed by atoms with van der Waals surface area (Å²) in [5, 5.41) is 9.15. The third-order valence-electron chi connectivity index (χ3n) is 2.08. The van der Waals surface area contributed by atoms with Crippen LogP contribution >= 0.6 is 0 Å². The van der Waals surface area contributed by atoms with E-state index in [-0.39, 0.29) is 5.91 Å². The molecule has 1 rings (SSSR count). The van der Waals surface area contributed by atoms with Gasteiger partial charge in [-0.2, -0.15) is 0 Å². The molecule has 0 bridgehead atoms. The molecule has 1 unspecified atom stereocenters. The van der Waals surface area contributed by atoms with E-state index in [2.05, 4.69) is 9.97 Å². The van der Waals surface area contributed by atoms with Crippen LogP contribution in [0.1, 0.15) is 30.2 Å². The number of rotatable bonds is 4. The maximum Gasteiger partial charge on any atom is 0.271 e. The van der Waals surface area contributed by atoms with Crippen LogP contribution in [0.3, 0.4) is 0 Å². The molecule has 0 saturated carbocycles. The van der Waals surface area contributed by atoms with Crippen molar-refractivity contribution < 1.29 is 9.90 Å². The summed E-state index contributed by atoms with van der Waals surface area (Å²) < 4.78 is 0. The maximum absolute atomic E-state index is 11.8. The lowest BCUT2D eigenvalue weighted by atomic mass is 10.3. The maximum atomic E-state index is 11.8. The lowest BCUT2D eigenvalue weighted by Crippen LogP contribution is -2.33. The summed E-state index contributed by atoms with van der Waals surface area (Å²) in [5.74, 6) is 0.645. The van der Waals surface area contributed by atoms with Crippen molar-refractivity contribution >= 4 is 5.91 Å². The highest BCUT2D eigenvalue weighted by atomic mass is 16.3. The van der Waals surface area contributed by atoms with Gasteiger partial charge in [-0.15, -0.1) is 0 Å². The average molecular weight is 211 g/mol. The van der Waals surface area contributed by atoms with E-state index in [0.29, 0.717) is 12.2 Å². The normalized spacial score (nSPS) is 12.5. The van der Waals surface area contributed by atoms with Gasteiger partial charge < -0.3 is 15.0 Å². The number of aliphatic hydroxyl groups is 1. The lowest BCUT2D eigenvalue weighted by Gasteiger charge is -2.17. The Kier molecular flexibility index (Phi) is 3.85. The summed E-state index contributed by atoms with van der Waals surface area (Å²) in [6.45, 7) is 3.93. The Hall–Kier alpha value is -1.36. The summed E-state index contributed by atoms with van der Waals surface area (Å²) in [6, 6.07) is 0. The number of amides is 1. The van der Waals surface area contributed by atoms with E-state index in [9.17, 15) is 4.79 Å². The minimum atomic E-state index is -0.521. The number of carbonyl (C=O) groups is 1. The molecule has 0 aliphatic carbocycles. The highest BCUT2D eigenvalue weighted by molar-refractivity contribution is 5.91. The molecule has 1 atom stereocenters. The number of carbonyl (C=O) groups excluding carboxylic acids is 1. The van der Waals surface area contributed by atoms with E-state index in [1.165, 1.54) is 11.1 Å². The van der Waals surface area contributed by atoms with Crippen LogP contribution in [0.25, 0.3) is 0 Å². The number of nitrogens with one attached hydrogen (secondary N) is 1. The topological polar surface area (TPSA) is 69.2 Å². The molecule has 5 nitrogen and oxygen atoms in total. The molecular weight excluding hydrogens is 194 g/mol. The molecule has 84 valence electrons. The smallest absolute Gasteiger partial charge is 0.271 e. The summed E-state index contributed by atoms with van der Waals surface area (Å²) >= 11 is 0. The van der Waals surface area contributed by atoms with E-state index in [1.54, 1.807) is 14.0 Å². The number of H-pyrrole nitrogens is 1. The summed E-state index contributed by atoms with van der Waals surface area (Å²) in [5.41, 5.74) is 0.468. The number of hydrogen-bond acceptors (Lipinski definition) is 3. The molecule has 0 aliphatic heterocycles. The minimum absolute atomic E-state index is 0.150. The molecule has 0 spiro atoms. The molecule has 0 aromatic carbocycles. The van der Waals surface area contributed by atoms with Gasteiger partial charge in [-0.1, -0.05) is 6.92 Å². The molecule has 1 aromatic heterocycles. The van der Waals surface area contributed by atoms with Crippen molar-refractivity contribution in [1.29, 1.82) is 0 Å². The van der Waals surface area contributed by atoms with Gasteiger partial charge in [-0.25, -0.2) is 4.98 Å². The van der Waals surface area contributed by atoms with Crippen LogP contribution in [0.4, 0.5) is 0 Å². The summed E-state index contributed by atoms with van der Waals surface area (Å²) in [4.78, 5) is 20.2. The van der Waals surface area contributed by atoms with Gasteiger partial charge in [-0.3, -0.25) is 4.79 Å². The van der Waals surface area contributed by atoms with Crippen LogP contribution in [-0.2, 0) is 6.42 Å². The lowest BCUT2D eigenvalue weighted by molar-refractivity contribution is 0.0698. The standard InChI is InChI=1S/C10H17N3O2/c1-4-9-11-5-8(12-9)10(15)13(3)6-7(2)14/h5,7,14H,4,6H2,1-3H3,(H,11,12). The number of aryl methyl sites for hydroxylation is 1. The van der Waals surface area contributed by atoms with Crippen molar-refractivity contribution in [3.63, 3.8) is 0 Å². The molecule has 5 heteroatoms. The summed E-state index contributed by atoms with van der Waals surface area (Å²) in [6.07, 6.45) is 1.78. The molecule has 1 amide bonds. The Morgan fingerprint density at radius 2 is 2.40 bits per heavy atom. The first-order chi connectivity index (χ1) is 7.04. The molecule has 15 heavy (non-hydrogen) atoms. The highest BCUT2D eigenvalue weighted by Crippen LogP contribution is 2.02. The van der Waals surface area contributed by atoms with Crippen LogP contribution in [0, 0.1) is 0 Å². The van der Waals surface area contributed by atoms with Gasteiger partial charge in [0.1, 0.15) is 11.5 Å². The predicted molar refractivity (Wildman–Crippen MR) is 56.6 cm³/mol. The van der Waals surface area contributed by atoms with Gasteiger partial charge >= 0.3 is 0 Å². The van der Waals surface area contributed by atoms with Crippen LogP contribution < -0.4 is 0 Å². The van der Waals surface area contributed by atoms with Gasteiger partial charge in [0.15, 0.2) is 0 Å². The van der Waals surface area contributed by atoms with Crippen LogP contribution in [-0.4, -0.2) is 45.6 Å². The fourth-order valence-electron chi connectivity index (χ4n) is 1.34.